The van der Waals surface area contributed by atoms with Crippen LogP contribution in [-0.2, 0) is 12.8 Å². The van der Waals surface area contributed by atoms with Crippen molar-refractivity contribution in [3.05, 3.63) is 41.9 Å². The van der Waals surface area contributed by atoms with Gasteiger partial charge in [0.15, 0.2) is 11.5 Å². The summed E-state index contributed by atoms with van der Waals surface area (Å²) in [4.78, 5) is 3.89. The Morgan fingerprint density at radius 3 is 2.47 bits per heavy atom. The van der Waals surface area contributed by atoms with Crippen molar-refractivity contribution in [2.45, 2.75) is 12.8 Å². The van der Waals surface area contributed by atoms with E-state index in [1.807, 2.05) is 0 Å². The van der Waals surface area contributed by atoms with Crippen molar-refractivity contribution in [1.29, 1.82) is 0 Å². The molecule has 2 heterocycles. The first kappa shape index (κ1) is 11.6. The van der Waals surface area contributed by atoms with Crippen LogP contribution in [0.2, 0.25) is 0 Å². The molecule has 0 bridgehead atoms. The van der Waals surface area contributed by atoms with E-state index in [-0.39, 0.29) is 12.4 Å². The zero-order chi connectivity index (χ0) is 12.5. The SMILES string of the molecule is OCc1ccc(-n2ccc(C(F)(F)F)n2)nc1. The van der Waals surface area contributed by atoms with Crippen LogP contribution in [0.3, 0.4) is 0 Å². The second-order valence-electron chi connectivity index (χ2n) is 3.33. The average molecular weight is 243 g/mol. The zero-order valence-corrected chi connectivity index (χ0v) is 8.52. The molecule has 0 atom stereocenters. The topological polar surface area (TPSA) is 50.9 Å². The quantitative estimate of drug-likeness (QED) is 0.874. The monoisotopic (exact) mass is 243 g/mol. The lowest BCUT2D eigenvalue weighted by atomic mass is 10.3. The Morgan fingerprint density at radius 2 is 2.00 bits per heavy atom. The smallest absolute Gasteiger partial charge is 0.392 e. The first-order valence-corrected chi connectivity index (χ1v) is 4.70. The molecule has 17 heavy (non-hydrogen) atoms. The molecule has 0 aliphatic rings. The second kappa shape index (κ2) is 4.17. The highest BCUT2D eigenvalue weighted by Gasteiger charge is 2.33. The number of aromatic nitrogens is 3. The van der Waals surface area contributed by atoms with Crippen LogP contribution in [-0.4, -0.2) is 19.9 Å². The van der Waals surface area contributed by atoms with Gasteiger partial charge < -0.3 is 5.11 Å². The standard InChI is InChI=1S/C10H8F3N3O/c11-10(12,13)8-3-4-16(15-8)9-2-1-7(6-17)5-14-9/h1-5,17H,6H2. The number of hydrogen-bond acceptors (Lipinski definition) is 3. The van der Waals surface area contributed by atoms with Gasteiger partial charge in [-0.15, -0.1) is 0 Å². The third kappa shape index (κ3) is 2.44. The first-order valence-electron chi connectivity index (χ1n) is 4.70. The molecule has 0 amide bonds. The number of rotatable bonds is 2. The van der Waals surface area contributed by atoms with Gasteiger partial charge in [-0.05, 0) is 17.7 Å². The Labute approximate surface area is 94.3 Å². The van der Waals surface area contributed by atoms with Gasteiger partial charge in [0.05, 0.1) is 6.61 Å². The van der Waals surface area contributed by atoms with Crippen molar-refractivity contribution in [2.75, 3.05) is 0 Å². The maximum atomic E-state index is 12.3. The van der Waals surface area contributed by atoms with Gasteiger partial charge in [-0.2, -0.15) is 18.3 Å². The molecule has 7 heteroatoms. The Kier molecular flexibility index (Phi) is 2.84. The van der Waals surface area contributed by atoms with Gasteiger partial charge in [0, 0.05) is 12.4 Å². The van der Waals surface area contributed by atoms with Crippen LogP contribution in [0.15, 0.2) is 30.6 Å². The number of nitrogens with zero attached hydrogens (tertiary/aromatic N) is 3. The predicted molar refractivity (Wildman–Crippen MR) is 52.3 cm³/mol. The Hall–Kier alpha value is -1.89. The van der Waals surface area contributed by atoms with E-state index in [0.29, 0.717) is 5.56 Å². The van der Waals surface area contributed by atoms with E-state index in [1.54, 1.807) is 6.07 Å². The molecule has 0 saturated heterocycles. The third-order valence-electron chi connectivity index (χ3n) is 2.11. The van der Waals surface area contributed by atoms with Crippen molar-refractivity contribution >= 4 is 0 Å². The molecule has 0 aliphatic heterocycles. The summed E-state index contributed by atoms with van der Waals surface area (Å²) in [6, 6.07) is 3.93. The summed E-state index contributed by atoms with van der Waals surface area (Å²) in [6.07, 6.45) is -1.90. The molecule has 1 N–H and O–H groups in total. The van der Waals surface area contributed by atoms with Gasteiger partial charge in [-0.3, -0.25) is 0 Å². The van der Waals surface area contributed by atoms with E-state index in [0.717, 1.165) is 10.7 Å². The van der Waals surface area contributed by atoms with Gasteiger partial charge in [0.25, 0.3) is 0 Å². The fourth-order valence-electron chi connectivity index (χ4n) is 1.25. The maximum absolute atomic E-state index is 12.3. The van der Waals surface area contributed by atoms with E-state index in [9.17, 15) is 13.2 Å². The van der Waals surface area contributed by atoms with Gasteiger partial charge in [-0.1, -0.05) is 6.07 Å². The molecular formula is C10H8F3N3O. The normalized spacial score (nSPS) is 11.8. The first-order chi connectivity index (χ1) is 8.00. The van der Waals surface area contributed by atoms with E-state index < -0.39 is 11.9 Å². The van der Waals surface area contributed by atoms with Crippen molar-refractivity contribution in [1.82, 2.24) is 14.8 Å². The molecule has 0 saturated carbocycles. The predicted octanol–water partition coefficient (Wildman–Crippen LogP) is 1.78. The van der Waals surface area contributed by atoms with E-state index in [4.69, 9.17) is 5.11 Å². The molecule has 0 spiro atoms. The molecule has 0 fully saturated rings. The second-order valence-corrected chi connectivity index (χ2v) is 3.33. The highest BCUT2D eigenvalue weighted by Crippen LogP contribution is 2.27. The molecule has 0 aliphatic carbocycles. The molecule has 4 nitrogen and oxygen atoms in total. The van der Waals surface area contributed by atoms with Crippen molar-refractivity contribution in [3.63, 3.8) is 0 Å². The van der Waals surface area contributed by atoms with E-state index >= 15 is 0 Å². The van der Waals surface area contributed by atoms with Crippen LogP contribution in [0.5, 0.6) is 0 Å². The minimum atomic E-state index is -4.46. The van der Waals surface area contributed by atoms with Gasteiger partial charge >= 0.3 is 6.18 Å². The minimum absolute atomic E-state index is 0.166. The molecule has 0 aromatic carbocycles. The highest BCUT2D eigenvalue weighted by molar-refractivity contribution is 5.25. The molecule has 2 aromatic heterocycles. The minimum Gasteiger partial charge on any atom is -0.392 e. The zero-order valence-electron chi connectivity index (χ0n) is 8.52. The van der Waals surface area contributed by atoms with E-state index in [2.05, 4.69) is 10.1 Å². The van der Waals surface area contributed by atoms with Gasteiger partial charge in [0.2, 0.25) is 0 Å². The van der Waals surface area contributed by atoms with Gasteiger partial charge in [0.1, 0.15) is 0 Å². The summed E-state index contributed by atoms with van der Waals surface area (Å²) in [5.74, 6) is 0.262. The number of aliphatic hydroxyl groups is 1. The summed E-state index contributed by atoms with van der Waals surface area (Å²) >= 11 is 0. The summed E-state index contributed by atoms with van der Waals surface area (Å²) in [6.45, 7) is -0.166. The molecule has 0 unspecified atom stereocenters. The van der Waals surface area contributed by atoms with Crippen molar-refractivity contribution < 1.29 is 18.3 Å². The average Bonchev–Trinajstić information content (AvgIpc) is 2.78. The Morgan fingerprint density at radius 1 is 1.24 bits per heavy atom. The largest absolute Gasteiger partial charge is 0.435 e. The molecule has 0 radical (unpaired) electrons. The maximum Gasteiger partial charge on any atom is 0.435 e. The lowest BCUT2D eigenvalue weighted by Crippen LogP contribution is -2.07. The van der Waals surface area contributed by atoms with Crippen molar-refractivity contribution in [3.8, 4) is 5.82 Å². The fraction of sp³-hybridized carbons (Fsp3) is 0.200. The lowest BCUT2D eigenvalue weighted by Gasteiger charge is -2.02. The van der Waals surface area contributed by atoms with Gasteiger partial charge in [-0.25, -0.2) is 9.67 Å². The Bertz CT molecular complexity index is 504. The summed E-state index contributed by atoms with van der Waals surface area (Å²) in [5, 5.41) is 12.2. The van der Waals surface area contributed by atoms with Crippen LogP contribution in [0, 0.1) is 0 Å². The lowest BCUT2D eigenvalue weighted by molar-refractivity contribution is -0.141. The van der Waals surface area contributed by atoms with E-state index in [1.165, 1.54) is 18.5 Å². The number of aliphatic hydroxyl groups excluding tert-OH is 1. The summed E-state index contributed by atoms with van der Waals surface area (Å²) < 4.78 is 38.0. The number of pyridine rings is 1. The fourth-order valence-corrected chi connectivity index (χ4v) is 1.25. The third-order valence-corrected chi connectivity index (χ3v) is 2.11. The van der Waals surface area contributed by atoms with Crippen LogP contribution < -0.4 is 0 Å². The molecule has 90 valence electrons. The molecule has 2 aromatic rings. The van der Waals surface area contributed by atoms with Crippen LogP contribution in [0.25, 0.3) is 5.82 Å². The summed E-state index contributed by atoms with van der Waals surface area (Å²) in [7, 11) is 0. The van der Waals surface area contributed by atoms with Crippen LogP contribution in [0.1, 0.15) is 11.3 Å². The summed E-state index contributed by atoms with van der Waals surface area (Å²) in [5.41, 5.74) is -0.387. The Balaban J connectivity index is 2.30. The highest BCUT2D eigenvalue weighted by atomic mass is 19.4. The number of hydrogen-bond donors (Lipinski definition) is 1. The number of alkyl halides is 3. The molecular weight excluding hydrogens is 235 g/mol. The van der Waals surface area contributed by atoms with Crippen LogP contribution >= 0.6 is 0 Å². The number of halogens is 3. The molecule has 2 rings (SSSR count). The van der Waals surface area contributed by atoms with Crippen molar-refractivity contribution in [2.24, 2.45) is 0 Å². The van der Waals surface area contributed by atoms with Crippen LogP contribution in [0.4, 0.5) is 13.2 Å².